The van der Waals surface area contributed by atoms with Gasteiger partial charge >= 0.3 is 0 Å². The highest BCUT2D eigenvalue weighted by Crippen LogP contribution is 2.33. The van der Waals surface area contributed by atoms with E-state index in [-0.39, 0.29) is 5.91 Å². The molecule has 2 heterocycles. The summed E-state index contributed by atoms with van der Waals surface area (Å²) in [4.78, 5) is 21.2. The second-order valence-electron chi connectivity index (χ2n) is 7.35. The maximum atomic E-state index is 13.0. The van der Waals surface area contributed by atoms with Gasteiger partial charge in [-0.2, -0.15) is 0 Å². The average molecular weight is 407 g/mol. The van der Waals surface area contributed by atoms with Gasteiger partial charge in [0.15, 0.2) is 0 Å². The van der Waals surface area contributed by atoms with Crippen molar-refractivity contribution >= 4 is 27.7 Å². The SMILES string of the molecule is COc1cccc(-c2nc(C(=O)NCc3ccccc3)cc3c2[nH]c2ccccc23)c1. The molecule has 3 aromatic carbocycles. The number of methoxy groups -OCH3 is 1. The Balaban J connectivity index is 1.63. The predicted octanol–water partition coefficient (Wildman–Crippen LogP) is 5.32. The van der Waals surface area contributed by atoms with E-state index >= 15 is 0 Å². The highest BCUT2D eigenvalue weighted by Gasteiger charge is 2.17. The summed E-state index contributed by atoms with van der Waals surface area (Å²) in [6, 6.07) is 27.5. The zero-order valence-electron chi connectivity index (χ0n) is 17.1. The van der Waals surface area contributed by atoms with Crippen molar-refractivity contribution in [2.45, 2.75) is 6.54 Å². The summed E-state index contributed by atoms with van der Waals surface area (Å²) < 4.78 is 5.40. The Bertz CT molecular complexity index is 1390. The molecule has 0 spiro atoms. The van der Waals surface area contributed by atoms with Crippen LogP contribution in [0.25, 0.3) is 33.1 Å². The van der Waals surface area contributed by atoms with Crippen molar-refractivity contribution in [2.24, 2.45) is 0 Å². The van der Waals surface area contributed by atoms with E-state index in [4.69, 9.17) is 9.72 Å². The summed E-state index contributed by atoms with van der Waals surface area (Å²) in [7, 11) is 1.64. The van der Waals surface area contributed by atoms with E-state index in [1.165, 1.54) is 0 Å². The lowest BCUT2D eigenvalue weighted by molar-refractivity contribution is 0.0946. The van der Waals surface area contributed by atoms with E-state index in [9.17, 15) is 4.79 Å². The van der Waals surface area contributed by atoms with E-state index in [0.29, 0.717) is 12.2 Å². The number of nitrogens with one attached hydrogen (secondary N) is 2. The van der Waals surface area contributed by atoms with Gasteiger partial charge in [0, 0.05) is 28.4 Å². The molecular weight excluding hydrogens is 386 g/mol. The van der Waals surface area contributed by atoms with Gasteiger partial charge < -0.3 is 15.0 Å². The summed E-state index contributed by atoms with van der Waals surface area (Å²) >= 11 is 0. The van der Waals surface area contributed by atoms with Crippen LogP contribution >= 0.6 is 0 Å². The number of para-hydroxylation sites is 1. The Hall–Kier alpha value is -4.12. The first kappa shape index (κ1) is 18.9. The second-order valence-corrected chi connectivity index (χ2v) is 7.35. The fourth-order valence-corrected chi connectivity index (χ4v) is 3.81. The summed E-state index contributed by atoms with van der Waals surface area (Å²) in [5.74, 6) is 0.530. The molecule has 0 unspecified atom stereocenters. The summed E-state index contributed by atoms with van der Waals surface area (Å²) in [5, 5.41) is 5.01. The molecule has 2 N–H and O–H groups in total. The van der Waals surface area contributed by atoms with Gasteiger partial charge in [-0.3, -0.25) is 4.79 Å². The highest BCUT2D eigenvalue weighted by molar-refractivity contribution is 6.13. The van der Waals surface area contributed by atoms with Gasteiger partial charge in [0.25, 0.3) is 5.91 Å². The van der Waals surface area contributed by atoms with Crippen LogP contribution in [0.15, 0.2) is 84.9 Å². The van der Waals surface area contributed by atoms with Gasteiger partial charge in [0.1, 0.15) is 11.4 Å². The maximum absolute atomic E-state index is 13.0. The molecular formula is C26H21N3O2. The third-order valence-electron chi connectivity index (χ3n) is 5.37. The van der Waals surface area contributed by atoms with E-state index in [2.05, 4.69) is 16.4 Å². The van der Waals surface area contributed by atoms with Crippen molar-refractivity contribution < 1.29 is 9.53 Å². The normalized spacial score (nSPS) is 11.0. The number of carbonyl (C=O) groups is 1. The number of nitrogens with zero attached hydrogens (tertiary/aromatic N) is 1. The number of hydrogen-bond acceptors (Lipinski definition) is 3. The number of H-pyrrole nitrogens is 1. The number of fused-ring (bicyclic) bond motifs is 3. The molecule has 0 aliphatic rings. The fraction of sp³-hybridized carbons (Fsp3) is 0.0769. The van der Waals surface area contributed by atoms with E-state index in [1.54, 1.807) is 7.11 Å². The quantitative estimate of drug-likeness (QED) is 0.414. The van der Waals surface area contributed by atoms with Crippen LogP contribution in [0.2, 0.25) is 0 Å². The minimum atomic E-state index is -0.208. The number of ether oxygens (including phenoxy) is 1. The Morgan fingerprint density at radius 3 is 2.58 bits per heavy atom. The topological polar surface area (TPSA) is 67.0 Å². The van der Waals surface area contributed by atoms with E-state index < -0.39 is 0 Å². The predicted molar refractivity (Wildman–Crippen MR) is 123 cm³/mol. The smallest absolute Gasteiger partial charge is 0.270 e. The lowest BCUT2D eigenvalue weighted by Gasteiger charge is -2.09. The zero-order chi connectivity index (χ0) is 21.2. The van der Waals surface area contributed by atoms with Crippen LogP contribution in [-0.4, -0.2) is 23.0 Å². The van der Waals surface area contributed by atoms with Crippen molar-refractivity contribution in [3.8, 4) is 17.0 Å². The monoisotopic (exact) mass is 407 g/mol. The minimum Gasteiger partial charge on any atom is -0.497 e. The van der Waals surface area contributed by atoms with Gasteiger partial charge in [-0.1, -0.05) is 60.7 Å². The second kappa shape index (κ2) is 7.95. The van der Waals surface area contributed by atoms with Crippen LogP contribution in [-0.2, 0) is 6.54 Å². The Kier molecular flexibility index (Phi) is 4.84. The molecule has 31 heavy (non-hydrogen) atoms. The van der Waals surface area contributed by atoms with Crippen LogP contribution in [0.4, 0.5) is 0 Å². The number of rotatable bonds is 5. The molecule has 0 aliphatic heterocycles. The van der Waals surface area contributed by atoms with Crippen LogP contribution in [0, 0.1) is 0 Å². The van der Waals surface area contributed by atoms with Crippen molar-refractivity contribution in [1.29, 1.82) is 0 Å². The van der Waals surface area contributed by atoms with Crippen LogP contribution < -0.4 is 10.1 Å². The fourth-order valence-electron chi connectivity index (χ4n) is 3.81. The molecule has 5 rings (SSSR count). The molecule has 2 aromatic heterocycles. The van der Waals surface area contributed by atoms with Gasteiger partial charge in [0.05, 0.1) is 18.3 Å². The lowest BCUT2D eigenvalue weighted by Crippen LogP contribution is -2.24. The average Bonchev–Trinajstić information content (AvgIpc) is 3.21. The first-order chi connectivity index (χ1) is 15.2. The van der Waals surface area contributed by atoms with Gasteiger partial charge in [-0.15, -0.1) is 0 Å². The van der Waals surface area contributed by atoms with Crippen LogP contribution in [0.1, 0.15) is 16.1 Å². The summed E-state index contributed by atoms with van der Waals surface area (Å²) in [5.41, 5.74) is 4.92. The number of benzene rings is 3. The molecule has 0 bridgehead atoms. The summed E-state index contributed by atoms with van der Waals surface area (Å²) in [6.07, 6.45) is 0. The minimum absolute atomic E-state index is 0.208. The molecule has 0 fully saturated rings. The maximum Gasteiger partial charge on any atom is 0.270 e. The Labute approximate surface area is 179 Å². The molecule has 1 amide bonds. The Morgan fingerprint density at radius 1 is 0.935 bits per heavy atom. The first-order valence-electron chi connectivity index (χ1n) is 10.1. The Morgan fingerprint density at radius 2 is 1.74 bits per heavy atom. The standard InChI is InChI=1S/C26H21N3O2/c1-31-19-11-7-10-18(14-19)24-25-21(20-12-5-6-13-22(20)28-25)15-23(29-24)26(30)27-16-17-8-3-2-4-9-17/h2-15,28H,16H2,1H3,(H,27,30). The number of aromatic nitrogens is 2. The van der Waals surface area contributed by atoms with E-state index in [0.717, 1.165) is 44.4 Å². The molecule has 152 valence electrons. The molecule has 5 aromatic rings. The number of pyridine rings is 1. The highest BCUT2D eigenvalue weighted by atomic mass is 16.5. The molecule has 0 saturated carbocycles. The van der Waals surface area contributed by atoms with Crippen molar-refractivity contribution in [3.05, 3.63) is 96.2 Å². The number of amides is 1. The summed E-state index contributed by atoms with van der Waals surface area (Å²) in [6.45, 7) is 0.446. The molecule has 5 nitrogen and oxygen atoms in total. The number of hydrogen-bond donors (Lipinski definition) is 2. The number of aromatic amines is 1. The van der Waals surface area contributed by atoms with Crippen molar-refractivity contribution in [1.82, 2.24) is 15.3 Å². The van der Waals surface area contributed by atoms with E-state index in [1.807, 2.05) is 78.9 Å². The zero-order valence-corrected chi connectivity index (χ0v) is 17.1. The van der Waals surface area contributed by atoms with Crippen molar-refractivity contribution in [3.63, 3.8) is 0 Å². The molecule has 0 radical (unpaired) electrons. The largest absolute Gasteiger partial charge is 0.497 e. The van der Waals surface area contributed by atoms with Gasteiger partial charge in [0.2, 0.25) is 0 Å². The number of carbonyl (C=O) groups excluding carboxylic acids is 1. The van der Waals surface area contributed by atoms with Crippen LogP contribution in [0.5, 0.6) is 5.75 Å². The van der Waals surface area contributed by atoms with Gasteiger partial charge in [-0.25, -0.2) is 4.98 Å². The molecule has 0 saturated heterocycles. The third-order valence-corrected chi connectivity index (χ3v) is 5.37. The lowest BCUT2D eigenvalue weighted by atomic mass is 10.1. The molecule has 0 aliphatic carbocycles. The van der Waals surface area contributed by atoms with Crippen LogP contribution in [0.3, 0.4) is 0 Å². The molecule has 5 heteroatoms. The molecule has 0 atom stereocenters. The first-order valence-corrected chi connectivity index (χ1v) is 10.1. The third kappa shape index (κ3) is 3.62. The van der Waals surface area contributed by atoms with Crippen molar-refractivity contribution in [2.75, 3.05) is 7.11 Å². The van der Waals surface area contributed by atoms with Gasteiger partial charge in [-0.05, 0) is 29.8 Å².